The van der Waals surface area contributed by atoms with E-state index in [2.05, 4.69) is 50.9 Å². The topological polar surface area (TPSA) is 72.0 Å². The van der Waals surface area contributed by atoms with Crippen molar-refractivity contribution in [2.24, 2.45) is 0 Å². The van der Waals surface area contributed by atoms with Gasteiger partial charge in [-0.15, -0.1) is 5.10 Å². The molecule has 0 radical (unpaired) electrons. The van der Waals surface area contributed by atoms with Crippen molar-refractivity contribution in [3.8, 4) is 0 Å². The first-order chi connectivity index (χ1) is 10.8. The van der Waals surface area contributed by atoms with E-state index in [-0.39, 0.29) is 6.10 Å². The average molecular weight is 299 g/mol. The third-order valence-electron chi connectivity index (χ3n) is 3.63. The van der Waals surface area contributed by atoms with Gasteiger partial charge in [0.25, 0.3) is 0 Å². The summed E-state index contributed by atoms with van der Waals surface area (Å²) in [5.41, 5.74) is 2.44. The van der Waals surface area contributed by atoms with E-state index >= 15 is 0 Å². The van der Waals surface area contributed by atoms with Crippen molar-refractivity contribution in [1.29, 1.82) is 0 Å². The molecule has 22 heavy (non-hydrogen) atoms. The van der Waals surface area contributed by atoms with Crippen LogP contribution in [0, 0.1) is 6.92 Å². The molecule has 0 saturated carbocycles. The Hall–Kier alpha value is -2.21. The molecule has 1 aromatic carbocycles. The third-order valence-corrected chi connectivity index (χ3v) is 3.63. The van der Waals surface area contributed by atoms with E-state index in [1.165, 1.54) is 11.1 Å². The highest BCUT2D eigenvalue weighted by Crippen LogP contribution is 2.13. The molecule has 1 atom stereocenters. The van der Waals surface area contributed by atoms with E-state index in [1.807, 2.05) is 6.07 Å². The third kappa shape index (κ3) is 4.14. The number of hydrogen-bond acceptors (Lipinski definition) is 6. The number of anilines is 2. The Bertz CT molecular complexity index is 613. The fraction of sp³-hybridized carbons (Fsp3) is 0.438. The van der Waals surface area contributed by atoms with Gasteiger partial charge in [-0.05, 0) is 25.3 Å². The van der Waals surface area contributed by atoms with Gasteiger partial charge in [0.1, 0.15) is 0 Å². The van der Waals surface area contributed by atoms with E-state index in [0.29, 0.717) is 12.5 Å². The lowest BCUT2D eigenvalue weighted by atomic mass is 10.1. The van der Waals surface area contributed by atoms with Gasteiger partial charge in [-0.2, -0.15) is 10.1 Å². The van der Waals surface area contributed by atoms with Crippen LogP contribution >= 0.6 is 0 Å². The minimum Gasteiger partial charge on any atom is -0.376 e. The summed E-state index contributed by atoms with van der Waals surface area (Å²) in [7, 11) is 0. The molecule has 3 rings (SSSR count). The first-order valence-electron chi connectivity index (χ1n) is 7.64. The van der Waals surface area contributed by atoms with Crippen LogP contribution in [0.4, 0.5) is 11.8 Å². The van der Waals surface area contributed by atoms with Crippen LogP contribution in [0.3, 0.4) is 0 Å². The second-order valence-electron chi connectivity index (χ2n) is 5.52. The Morgan fingerprint density at radius 3 is 3.09 bits per heavy atom. The van der Waals surface area contributed by atoms with E-state index in [1.54, 1.807) is 6.20 Å². The van der Waals surface area contributed by atoms with E-state index in [4.69, 9.17) is 4.74 Å². The molecule has 0 spiro atoms. The lowest BCUT2D eigenvalue weighted by Gasteiger charge is -2.11. The average Bonchev–Trinajstić information content (AvgIpc) is 3.05. The highest BCUT2D eigenvalue weighted by Gasteiger charge is 2.15. The molecule has 0 bridgehead atoms. The molecule has 6 heteroatoms. The Balaban J connectivity index is 1.54. The molecule has 116 valence electrons. The Morgan fingerprint density at radius 1 is 1.32 bits per heavy atom. The van der Waals surface area contributed by atoms with Gasteiger partial charge in [0.05, 0.1) is 12.3 Å². The van der Waals surface area contributed by atoms with Gasteiger partial charge in [0, 0.05) is 19.7 Å². The molecule has 2 aromatic rings. The second-order valence-corrected chi connectivity index (χ2v) is 5.52. The zero-order valence-electron chi connectivity index (χ0n) is 12.7. The largest absolute Gasteiger partial charge is 0.376 e. The molecule has 2 N–H and O–H groups in total. The van der Waals surface area contributed by atoms with Crippen molar-refractivity contribution in [1.82, 2.24) is 15.2 Å². The highest BCUT2D eigenvalue weighted by molar-refractivity contribution is 5.37. The molecule has 1 saturated heterocycles. The first kappa shape index (κ1) is 14.7. The predicted octanol–water partition coefficient (Wildman–Crippen LogP) is 2.38. The Labute approximate surface area is 130 Å². The van der Waals surface area contributed by atoms with Gasteiger partial charge >= 0.3 is 0 Å². The summed E-state index contributed by atoms with van der Waals surface area (Å²) >= 11 is 0. The van der Waals surface area contributed by atoms with Crippen LogP contribution in [0.1, 0.15) is 24.0 Å². The number of nitrogens with zero attached hydrogens (tertiary/aromatic N) is 3. The molecule has 1 aliphatic rings. The summed E-state index contributed by atoms with van der Waals surface area (Å²) in [4.78, 5) is 4.42. The molecule has 0 aliphatic carbocycles. The number of ether oxygens (including phenoxy) is 1. The number of benzene rings is 1. The molecule has 0 amide bonds. The van der Waals surface area contributed by atoms with Crippen LogP contribution in [-0.2, 0) is 11.3 Å². The summed E-state index contributed by atoms with van der Waals surface area (Å²) in [6.45, 7) is 4.38. The standard InChI is InChI=1S/C16H21N5O/c1-12-4-2-5-13(8-12)9-18-16-20-15(11-19-21-16)17-10-14-6-3-7-22-14/h2,4-5,8,11,14H,3,6-7,9-10H2,1H3,(H2,17,18,20,21). The minimum absolute atomic E-state index is 0.277. The van der Waals surface area contributed by atoms with Crippen LogP contribution in [-0.4, -0.2) is 34.4 Å². The molecule has 1 aliphatic heterocycles. The maximum Gasteiger partial charge on any atom is 0.244 e. The van der Waals surface area contributed by atoms with Crippen molar-refractivity contribution in [2.45, 2.75) is 32.4 Å². The monoisotopic (exact) mass is 299 g/mol. The van der Waals surface area contributed by atoms with Gasteiger partial charge in [-0.1, -0.05) is 29.8 Å². The van der Waals surface area contributed by atoms with Crippen molar-refractivity contribution in [3.63, 3.8) is 0 Å². The summed E-state index contributed by atoms with van der Waals surface area (Å²) in [5.74, 6) is 1.25. The van der Waals surface area contributed by atoms with Crippen molar-refractivity contribution in [2.75, 3.05) is 23.8 Å². The van der Waals surface area contributed by atoms with Crippen LogP contribution in [0.15, 0.2) is 30.5 Å². The molecule has 1 fully saturated rings. The quantitative estimate of drug-likeness (QED) is 0.853. The van der Waals surface area contributed by atoms with Crippen LogP contribution in [0.2, 0.25) is 0 Å². The number of aromatic nitrogens is 3. The van der Waals surface area contributed by atoms with Gasteiger partial charge in [-0.3, -0.25) is 0 Å². The van der Waals surface area contributed by atoms with Gasteiger partial charge in [0.15, 0.2) is 5.82 Å². The Kier molecular flexibility index (Phi) is 4.80. The number of nitrogens with one attached hydrogen (secondary N) is 2. The maximum atomic E-state index is 5.58. The molecular weight excluding hydrogens is 278 g/mol. The molecule has 6 nitrogen and oxygen atoms in total. The van der Waals surface area contributed by atoms with E-state index < -0.39 is 0 Å². The highest BCUT2D eigenvalue weighted by atomic mass is 16.5. The molecule has 1 unspecified atom stereocenters. The molecule has 2 heterocycles. The minimum atomic E-state index is 0.277. The smallest absolute Gasteiger partial charge is 0.244 e. The van der Waals surface area contributed by atoms with Gasteiger partial charge in [-0.25, -0.2) is 0 Å². The number of rotatable bonds is 6. The van der Waals surface area contributed by atoms with E-state index in [9.17, 15) is 0 Å². The second kappa shape index (κ2) is 7.17. The summed E-state index contributed by atoms with van der Waals surface area (Å²) in [6.07, 6.45) is 4.15. The fourth-order valence-electron chi connectivity index (χ4n) is 2.49. The number of aryl methyl sites for hydroxylation is 1. The van der Waals surface area contributed by atoms with Crippen LogP contribution in [0.25, 0.3) is 0 Å². The van der Waals surface area contributed by atoms with Gasteiger partial charge < -0.3 is 15.4 Å². The molecule has 1 aromatic heterocycles. The Morgan fingerprint density at radius 2 is 2.27 bits per heavy atom. The SMILES string of the molecule is Cc1cccc(CNc2nncc(NCC3CCCO3)n2)c1. The summed E-state index contributed by atoms with van der Waals surface area (Å²) in [5, 5.41) is 14.5. The molecular formula is C16H21N5O. The lowest BCUT2D eigenvalue weighted by Crippen LogP contribution is -2.19. The zero-order chi connectivity index (χ0) is 15.2. The predicted molar refractivity (Wildman–Crippen MR) is 85.8 cm³/mol. The van der Waals surface area contributed by atoms with Crippen molar-refractivity contribution >= 4 is 11.8 Å². The lowest BCUT2D eigenvalue weighted by molar-refractivity contribution is 0.120. The first-order valence-corrected chi connectivity index (χ1v) is 7.64. The van der Waals surface area contributed by atoms with Crippen LogP contribution in [0.5, 0.6) is 0 Å². The van der Waals surface area contributed by atoms with Crippen molar-refractivity contribution < 1.29 is 4.74 Å². The fourth-order valence-corrected chi connectivity index (χ4v) is 2.49. The van der Waals surface area contributed by atoms with Crippen molar-refractivity contribution in [3.05, 3.63) is 41.6 Å². The maximum absolute atomic E-state index is 5.58. The van der Waals surface area contributed by atoms with E-state index in [0.717, 1.165) is 31.8 Å². The number of hydrogen-bond donors (Lipinski definition) is 2. The van der Waals surface area contributed by atoms with Crippen LogP contribution < -0.4 is 10.6 Å². The summed E-state index contributed by atoms with van der Waals surface area (Å²) in [6, 6.07) is 8.34. The zero-order valence-corrected chi connectivity index (χ0v) is 12.7. The van der Waals surface area contributed by atoms with Gasteiger partial charge in [0.2, 0.25) is 5.95 Å². The normalized spacial score (nSPS) is 17.4. The summed E-state index contributed by atoms with van der Waals surface area (Å²) < 4.78 is 5.58.